The average Bonchev–Trinajstić information content (AvgIpc) is 2.18. The van der Waals surface area contributed by atoms with E-state index in [2.05, 4.69) is 21.2 Å². The van der Waals surface area contributed by atoms with Crippen molar-refractivity contribution in [2.75, 3.05) is 13.2 Å². The topological polar surface area (TPSA) is 88.2 Å². The second-order valence-corrected chi connectivity index (χ2v) is 3.97. The number of hydrogen-bond acceptors (Lipinski definition) is 5. The van der Waals surface area contributed by atoms with E-state index in [4.69, 9.17) is 10.1 Å². The van der Waals surface area contributed by atoms with Gasteiger partial charge in [-0.3, -0.25) is 15.5 Å². The molecule has 1 rings (SSSR count). The van der Waals surface area contributed by atoms with Crippen LogP contribution in [0.1, 0.15) is 12.8 Å². The van der Waals surface area contributed by atoms with Gasteiger partial charge in [0.05, 0.1) is 17.7 Å². The van der Waals surface area contributed by atoms with Crippen molar-refractivity contribution in [1.29, 1.82) is 5.41 Å². The lowest BCUT2D eigenvalue weighted by Gasteiger charge is -2.21. The molecule has 6 nitrogen and oxygen atoms in total. The van der Waals surface area contributed by atoms with E-state index in [1.807, 2.05) is 0 Å². The molecule has 0 aromatic heterocycles. The van der Waals surface area contributed by atoms with Crippen LogP contribution in [0.25, 0.3) is 0 Å². The van der Waals surface area contributed by atoms with E-state index in [9.17, 15) is 10.1 Å². The fourth-order valence-corrected chi connectivity index (χ4v) is 1.52. The molecule has 0 amide bonds. The van der Waals surface area contributed by atoms with Gasteiger partial charge in [0.25, 0.3) is 0 Å². The minimum absolute atomic E-state index is 0.0977. The van der Waals surface area contributed by atoms with Crippen LogP contribution in [0, 0.1) is 15.5 Å². The number of rotatable bonds is 4. The Kier molecular flexibility index (Phi) is 4.70. The molecule has 1 fully saturated rings. The SMILES string of the molecule is N=C(Br)/C(=C\NC1CCCOC1)[N+](=O)[O-]. The van der Waals surface area contributed by atoms with Crippen molar-refractivity contribution < 1.29 is 9.66 Å². The lowest BCUT2D eigenvalue weighted by atomic mass is 10.1. The molecule has 2 N–H and O–H groups in total. The first-order valence-electron chi connectivity index (χ1n) is 4.54. The van der Waals surface area contributed by atoms with E-state index in [-0.39, 0.29) is 16.4 Å². The third kappa shape index (κ3) is 3.96. The Labute approximate surface area is 95.5 Å². The van der Waals surface area contributed by atoms with Crippen LogP contribution in [-0.4, -0.2) is 28.8 Å². The van der Waals surface area contributed by atoms with Crippen LogP contribution >= 0.6 is 15.9 Å². The number of ether oxygens (including phenoxy) is 1. The monoisotopic (exact) mass is 277 g/mol. The van der Waals surface area contributed by atoms with Gasteiger partial charge in [-0.15, -0.1) is 0 Å². The van der Waals surface area contributed by atoms with Crippen molar-refractivity contribution in [1.82, 2.24) is 5.32 Å². The van der Waals surface area contributed by atoms with Crippen LogP contribution in [0.5, 0.6) is 0 Å². The molecule has 1 atom stereocenters. The molecule has 84 valence electrons. The predicted molar refractivity (Wildman–Crippen MR) is 58.7 cm³/mol. The van der Waals surface area contributed by atoms with E-state index in [1.165, 1.54) is 6.20 Å². The molecule has 1 unspecified atom stereocenters. The van der Waals surface area contributed by atoms with E-state index >= 15 is 0 Å². The minimum Gasteiger partial charge on any atom is -0.380 e. The number of nitrogens with one attached hydrogen (secondary N) is 2. The molecule has 1 saturated heterocycles. The highest BCUT2D eigenvalue weighted by Gasteiger charge is 2.17. The summed E-state index contributed by atoms with van der Waals surface area (Å²) in [5, 5.41) is 20.5. The highest BCUT2D eigenvalue weighted by Crippen LogP contribution is 2.07. The minimum atomic E-state index is -0.603. The van der Waals surface area contributed by atoms with Crippen LogP contribution in [-0.2, 0) is 4.74 Å². The van der Waals surface area contributed by atoms with Gasteiger partial charge in [0.1, 0.15) is 0 Å². The Morgan fingerprint density at radius 1 is 1.73 bits per heavy atom. The normalized spacial score (nSPS) is 22.2. The molecule has 1 aliphatic rings. The first kappa shape index (κ1) is 12.1. The Balaban J connectivity index is 2.52. The van der Waals surface area contributed by atoms with Gasteiger partial charge in [0, 0.05) is 12.6 Å². The standard InChI is InChI=1S/C8H12BrN3O3/c9-8(10)7(12(13)14)4-11-6-2-1-3-15-5-6/h4,6,10-11H,1-3,5H2/b7-4+,10-8?. The summed E-state index contributed by atoms with van der Waals surface area (Å²) < 4.78 is 4.97. The summed E-state index contributed by atoms with van der Waals surface area (Å²) in [5.41, 5.74) is -0.277. The van der Waals surface area contributed by atoms with Gasteiger partial charge >= 0.3 is 5.70 Å². The first-order chi connectivity index (χ1) is 7.11. The highest BCUT2D eigenvalue weighted by atomic mass is 79.9. The lowest BCUT2D eigenvalue weighted by Crippen LogP contribution is -2.34. The van der Waals surface area contributed by atoms with Gasteiger partial charge in [-0.2, -0.15) is 0 Å². The van der Waals surface area contributed by atoms with E-state index < -0.39 is 4.92 Å². The maximum Gasteiger partial charge on any atom is 0.316 e. The van der Waals surface area contributed by atoms with Crippen LogP contribution in [0.4, 0.5) is 0 Å². The first-order valence-corrected chi connectivity index (χ1v) is 5.33. The van der Waals surface area contributed by atoms with Crippen molar-refractivity contribution >= 4 is 20.6 Å². The van der Waals surface area contributed by atoms with Gasteiger partial charge in [0.15, 0.2) is 4.62 Å². The average molecular weight is 278 g/mol. The predicted octanol–water partition coefficient (Wildman–Crippen LogP) is 1.25. The second-order valence-electron chi connectivity index (χ2n) is 3.18. The van der Waals surface area contributed by atoms with Crippen LogP contribution < -0.4 is 5.32 Å². The summed E-state index contributed by atoms with van der Waals surface area (Å²) in [6, 6.07) is 0.0977. The van der Waals surface area contributed by atoms with Crippen LogP contribution in [0.15, 0.2) is 11.9 Å². The number of hydrogen-bond donors (Lipinski definition) is 2. The quantitative estimate of drug-likeness (QED) is 0.460. The van der Waals surface area contributed by atoms with Crippen molar-refractivity contribution in [3.8, 4) is 0 Å². The molecule has 1 heterocycles. The highest BCUT2D eigenvalue weighted by molar-refractivity contribution is 9.18. The molecule has 15 heavy (non-hydrogen) atoms. The molecular weight excluding hydrogens is 266 g/mol. The summed E-state index contributed by atoms with van der Waals surface area (Å²) in [6.45, 7) is 1.30. The molecule has 1 aliphatic heterocycles. The van der Waals surface area contributed by atoms with Crippen molar-refractivity contribution in [3.05, 3.63) is 22.0 Å². The third-order valence-corrected chi connectivity index (χ3v) is 2.44. The zero-order chi connectivity index (χ0) is 11.3. The fourth-order valence-electron chi connectivity index (χ4n) is 1.27. The van der Waals surface area contributed by atoms with Gasteiger partial charge < -0.3 is 10.1 Å². The summed E-state index contributed by atoms with van der Waals surface area (Å²) >= 11 is 2.77. The van der Waals surface area contributed by atoms with Crippen molar-refractivity contribution in [2.24, 2.45) is 0 Å². The largest absolute Gasteiger partial charge is 0.380 e. The maximum atomic E-state index is 10.5. The second kappa shape index (κ2) is 5.82. The molecule has 0 aromatic carbocycles. The molecule has 0 bridgehead atoms. The van der Waals surface area contributed by atoms with Gasteiger partial charge in [-0.1, -0.05) is 0 Å². The maximum absolute atomic E-state index is 10.5. The Morgan fingerprint density at radius 2 is 2.47 bits per heavy atom. The van der Waals surface area contributed by atoms with Crippen molar-refractivity contribution in [2.45, 2.75) is 18.9 Å². The third-order valence-electron chi connectivity index (χ3n) is 2.04. The molecule has 0 aromatic rings. The van der Waals surface area contributed by atoms with Crippen molar-refractivity contribution in [3.63, 3.8) is 0 Å². The van der Waals surface area contributed by atoms with Crippen LogP contribution in [0.2, 0.25) is 0 Å². The fraction of sp³-hybridized carbons (Fsp3) is 0.625. The summed E-state index contributed by atoms with van der Waals surface area (Å²) in [7, 11) is 0. The van der Waals surface area contributed by atoms with E-state index in [0.717, 1.165) is 19.4 Å². The molecular formula is C8H12BrN3O3. The number of allylic oxidation sites excluding steroid dienone is 1. The Morgan fingerprint density at radius 3 is 2.93 bits per heavy atom. The lowest BCUT2D eigenvalue weighted by molar-refractivity contribution is -0.415. The Hall–Kier alpha value is -0.950. The number of halogens is 1. The summed E-state index contributed by atoms with van der Waals surface area (Å²) in [5.74, 6) is 0. The summed E-state index contributed by atoms with van der Waals surface area (Å²) in [6.07, 6.45) is 3.12. The number of nitrogens with zero attached hydrogens (tertiary/aromatic N) is 1. The van der Waals surface area contributed by atoms with E-state index in [0.29, 0.717) is 6.61 Å². The molecule has 0 aliphatic carbocycles. The van der Waals surface area contributed by atoms with Gasteiger partial charge in [-0.25, -0.2) is 0 Å². The zero-order valence-corrected chi connectivity index (χ0v) is 9.62. The summed E-state index contributed by atoms with van der Waals surface area (Å²) in [4.78, 5) is 9.91. The Bertz CT molecular complexity index is 271. The van der Waals surface area contributed by atoms with Gasteiger partial charge in [0.2, 0.25) is 0 Å². The van der Waals surface area contributed by atoms with E-state index in [1.54, 1.807) is 0 Å². The zero-order valence-electron chi connectivity index (χ0n) is 8.03. The number of nitro groups is 1. The molecule has 7 heteroatoms. The molecule has 0 saturated carbocycles. The molecule has 0 radical (unpaired) electrons. The van der Waals surface area contributed by atoms with Crippen LogP contribution in [0.3, 0.4) is 0 Å². The van der Waals surface area contributed by atoms with Gasteiger partial charge in [-0.05, 0) is 28.8 Å². The molecule has 0 spiro atoms. The smallest absolute Gasteiger partial charge is 0.316 e.